The number of halogens is 1. The number of carbonyl (C=O) groups is 1. The Balaban J connectivity index is 1.87. The lowest BCUT2D eigenvalue weighted by molar-refractivity contribution is -0.122. The van der Waals surface area contributed by atoms with Crippen LogP contribution in [0.3, 0.4) is 0 Å². The fourth-order valence-electron chi connectivity index (χ4n) is 3.08. The Morgan fingerprint density at radius 2 is 2.22 bits per heavy atom. The van der Waals surface area contributed by atoms with Gasteiger partial charge in [0.2, 0.25) is 5.91 Å². The zero-order valence-electron chi connectivity index (χ0n) is 10.2. The number of rotatable bonds is 1. The second kappa shape index (κ2) is 4.56. The third-order valence-corrected chi connectivity index (χ3v) is 4.33. The minimum Gasteiger partial charge on any atom is -0.327 e. The van der Waals surface area contributed by atoms with E-state index in [0.29, 0.717) is 5.02 Å². The van der Waals surface area contributed by atoms with E-state index in [4.69, 9.17) is 17.3 Å². The van der Waals surface area contributed by atoms with Crippen molar-refractivity contribution < 1.29 is 4.79 Å². The van der Waals surface area contributed by atoms with Crippen LogP contribution in [0.15, 0.2) is 18.2 Å². The number of nitrogens with zero attached hydrogens (tertiary/aromatic N) is 1. The fraction of sp³-hybridized carbons (Fsp3) is 0.500. The van der Waals surface area contributed by atoms with Crippen molar-refractivity contribution in [2.45, 2.75) is 31.7 Å². The van der Waals surface area contributed by atoms with E-state index in [1.807, 2.05) is 23.1 Å². The van der Waals surface area contributed by atoms with Crippen LogP contribution < -0.4 is 10.6 Å². The summed E-state index contributed by atoms with van der Waals surface area (Å²) in [6, 6.07) is 5.82. The van der Waals surface area contributed by atoms with Gasteiger partial charge in [-0.3, -0.25) is 4.79 Å². The van der Waals surface area contributed by atoms with Crippen molar-refractivity contribution in [3.63, 3.8) is 0 Å². The van der Waals surface area contributed by atoms with Crippen LogP contribution in [0.1, 0.15) is 24.8 Å². The van der Waals surface area contributed by atoms with Crippen molar-refractivity contribution in [3.05, 3.63) is 28.8 Å². The van der Waals surface area contributed by atoms with Crippen LogP contribution in [-0.4, -0.2) is 18.5 Å². The van der Waals surface area contributed by atoms with E-state index in [9.17, 15) is 4.79 Å². The highest BCUT2D eigenvalue weighted by molar-refractivity contribution is 6.31. The Kier molecular flexibility index (Phi) is 3.04. The molecule has 1 aliphatic heterocycles. The van der Waals surface area contributed by atoms with Gasteiger partial charge in [-0.2, -0.15) is 0 Å². The van der Waals surface area contributed by atoms with Crippen LogP contribution in [-0.2, 0) is 11.2 Å². The molecule has 1 aliphatic carbocycles. The molecule has 1 heterocycles. The summed E-state index contributed by atoms with van der Waals surface area (Å²) in [6.45, 7) is 0.762. The number of anilines is 1. The minimum atomic E-state index is -0.00469. The van der Waals surface area contributed by atoms with Gasteiger partial charge in [-0.15, -0.1) is 0 Å². The summed E-state index contributed by atoms with van der Waals surface area (Å²) in [4.78, 5) is 14.4. The molecule has 4 heteroatoms. The molecule has 2 aliphatic rings. The normalized spacial score (nSPS) is 26.4. The largest absolute Gasteiger partial charge is 0.327 e. The van der Waals surface area contributed by atoms with Gasteiger partial charge < -0.3 is 10.6 Å². The zero-order valence-corrected chi connectivity index (χ0v) is 11.0. The average Bonchev–Trinajstić information content (AvgIpc) is 2.94. The van der Waals surface area contributed by atoms with Crippen molar-refractivity contribution in [1.29, 1.82) is 0 Å². The maximum atomic E-state index is 12.5. The van der Waals surface area contributed by atoms with Crippen LogP contribution in [0.5, 0.6) is 0 Å². The van der Waals surface area contributed by atoms with Gasteiger partial charge in [0.25, 0.3) is 0 Å². The lowest BCUT2D eigenvalue weighted by Gasteiger charge is -2.23. The first-order valence-electron chi connectivity index (χ1n) is 6.52. The second-order valence-electron chi connectivity index (χ2n) is 5.21. The van der Waals surface area contributed by atoms with Gasteiger partial charge in [0.05, 0.1) is 5.92 Å². The quantitative estimate of drug-likeness (QED) is 0.846. The molecule has 18 heavy (non-hydrogen) atoms. The minimum absolute atomic E-state index is 0.00469. The van der Waals surface area contributed by atoms with Crippen LogP contribution in [0.4, 0.5) is 5.69 Å². The van der Waals surface area contributed by atoms with E-state index in [0.717, 1.165) is 37.9 Å². The van der Waals surface area contributed by atoms with E-state index < -0.39 is 0 Å². The van der Waals surface area contributed by atoms with Gasteiger partial charge in [-0.1, -0.05) is 24.1 Å². The second-order valence-corrected chi connectivity index (χ2v) is 5.65. The molecule has 0 radical (unpaired) electrons. The van der Waals surface area contributed by atoms with Crippen LogP contribution in [0.25, 0.3) is 0 Å². The Bertz CT molecular complexity index is 489. The summed E-state index contributed by atoms with van der Waals surface area (Å²) >= 11 is 6.02. The molecule has 1 fully saturated rings. The van der Waals surface area contributed by atoms with Gasteiger partial charge in [0.15, 0.2) is 0 Å². The summed E-state index contributed by atoms with van der Waals surface area (Å²) in [6.07, 6.45) is 3.87. The summed E-state index contributed by atoms with van der Waals surface area (Å²) < 4.78 is 0. The van der Waals surface area contributed by atoms with Gasteiger partial charge >= 0.3 is 0 Å². The molecule has 0 spiro atoms. The molecule has 0 aromatic heterocycles. The molecule has 1 amide bonds. The highest BCUT2D eigenvalue weighted by Gasteiger charge is 2.36. The fourth-order valence-corrected chi connectivity index (χ4v) is 3.24. The number of fused-ring (bicyclic) bond motifs is 1. The Morgan fingerprint density at radius 1 is 1.39 bits per heavy atom. The standard InChI is InChI=1S/C14H17ClN2O/c15-10-5-4-9-6-7-17(13(9)8-10)14(18)11-2-1-3-12(11)16/h4-5,8,11-12H,1-3,6-7,16H2/t11-,12-/m0/s1. The molecule has 3 rings (SSSR count). The van der Waals surface area contributed by atoms with Crippen molar-refractivity contribution in [2.75, 3.05) is 11.4 Å². The maximum Gasteiger partial charge on any atom is 0.231 e. The van der Waals surface area contributed by atoms with Gasteiger partial charge in [0, 0.05) is 23.3 Å². The van der Waals surface area contributed by atoms with E-state index in [1.165, 1.54) is 5.56 Å². The molecule has 1 aromatic rings. The highest BCUT2D eigenvalue weighted by Crippen LogP contribution is 2.34. The predicted molar refractivity (Wildman–Crippen MR) is 72.8 cm³/mol. The Labute approximate surface area is 112 Å². The van der Waals surface area contributed by atoms with E-state index in [1.54, 1.807) is 0 Å². The SMILES string of the molecule is N[C@H]1CCC[C@@H]1C(=O)N1CCc2ccc(Cl)cc21. The van der Waals surface area contributed by atoms with Crippen molar-refractivity contribution in [3.8, 4) is 0 Å². The monoisotopic (exact) mass is 264 g/mol. The molecule has 96 valence electrons. The summed E-state index contributed by atoms with van der Waals surface area (Å²) in [5.41, 5.74) is 8.21. The highest BCUT2D eigenvalue weighted by atomic mass is 35.5. The lowest BCUT2D eigenvalue weighted by atomic mass is 10.0. The number of carbonyl (C=O) groups excluding carboxylic acids is 1. The van der Waals surface area contributed by atoms with E-state index in [2.05, 4.69) is 0 Å². The smallest absolute Gasteiger partial charge is 0.231 e. The summed E-state index contributed by atoms with van der Waals surface area (Å²) in [5, 5.41) is 0.684. The first-order chi connectivity index (χ1) is 8.66. The van der Waals surface area contributed by atoms with Crippen molar-refractivity contribution in [2.24, 2.45) is 11.7 Å². The summed E-state index contributed by atoms with van der Waals surface area (Å²) in [7, 11) is 0. The third-order valence-electron chi connectivity index (χ3n) is 4.10. The molecule has 1 aromatic carbocycles. The van der Waals surface area contributed by atoms with Crippen LogP contribution >= 0.6 is 11.6 Å². The Morgan fingerprint density at radius 3 is 2.94 bits per heavy atom. The molecule has 0 bridgehead atoms. The van der Waals surface area contributed by atoms with Crippen molar-refractivity contribution >= 4 is 23.2 Å². The van der Waals surface area contributed by atoms with E-state index >= 15 is 0 Å². The predicted octanol–water partition coefficient (Wildman–Crippen LogP) is 2.36. The third kappa shape index (κ3) is 1.91. The molecule has 2 atom stereocenters. The van der Waals surface area contributed by atoms with Crippen molar-refractivity contribution in [1.82, 2.24) is 0 Å². The van der Waals surface area contributed by atoms with Gasteiger partial charge in [-0.05, 0) is 37.0 Å². The maximum absolute atomic E-state index is 12.5. The molecule has 3 nitrogen and oxygen atoms in total. The first-order valence-corrected chi connectivity index (χ1v) is 6.90. The molecular weight excluding hydrogens is 248 g/mol. The molecule has 0 unspecified atom stereocenters. The van der Waals surface area contributed by atoms with Gasteiger partial charge in [0.1, 0.15) is 0 Å². The Hall–Kier alpha value is -1.06. The number of nitrogens with two attached hydrogens (primary N) is 1. The molecule has 1 saturated carbocycles. The number of hydrogen-bond acceptors (Lipinski definition) is 2. The van der Waals surface area contributed by atoms with E-state index in [-0.39, 0.29) is 17.9 Å². The molecular formula is C14H17ClN2O. The topological polar surface area (TPSA) is 46.3 Å². The summed E-state index contributed by atoms with van der Waals surface area (Å²) in [5.74, 6) is 0.177. The zero-order chi connectivity index (χ0) is 12.7. The number of amides is 1. The molecule has 0 saturated heterocycles. The number of hydrogen-bond donors (Lipinski definition) is 1. The lowest BCUT2D eigenvalue weighted by Crippen LogP contribution is -2.41. The number of benzene rings is 1. The van der Waals surface area contributed by atoms with Crippen LogP contribution in [0.2, 0.25) is 5.02 Å². The van der Waals surface area contributed by atoms with Gasteiger partial charge in [-0.25, -0.2) is 0 Å². The average molecular weight is 265 g/mol. The first kappa shape index (κ1) is 12.0. The van der Waals surface area contributed by atoms with Crippen LogP contribution in [0, 0.1) is 5.92 Å². The molecule has 2 N–H and O–H groups in total.